The summed E-state index contributed by atoms with van der Waals surface area (Å²) in [6.45, 7) is 3.04. The quantitative estimate of drug-likeness (QED) is 0.872. The summed E-state index contributed by atoms with van der Waals surface area (Å²) in [7, 11) is 0. The summed E-state index contributed by atoms with van der Waals surface area (Å²) in [4.78, 5) is 11.2. The van der Waals surface area contributed by atoms with Gasteiger partial charge in [-0.05, 0) is 19.1 Å². The van der Waals surface area contributed by atoms with Crippen LogP contribution in [0.1, 0.15) is 18.8 Å². The summed E-state index contributed by atoms with van der Waals surface area (Å²) in [6.07, 6.45) is -0.269. The van der Waals surface area contributed by atoms with Crippen LogP contribution in [0.25, 0.3) is 0 Å². The first kappa shape index (κ1) is 12.5. The number of carbonyl (C=O) groups excluding carboxylic acids is 1. The summed E-state index contributed by atoms with van der Waals surface area (Å²) in [5, 5.41) is 2.79. The average molecular weight is 300 g/mol. The van der Waals surface area contributed by atoms with Gasteiger partial charge in [-0.25, -0.2) is 0 Å². The molecule has 1 saturated heterocycles. The molecule has 1 fully saturated rings. The first-order chi connectivity index (χ1) is 8.16. The highest BCUT2D eigenvalue weighted by Gasteiger charge is 2.18. The van der Waals surface area contributed by atoms with E-state index in [1.165, 1.54) is 0 Å². The molecule has 0 aromatic heterocycles. The lowest BCUT2D eigenvalue weighted by atomic mass is 10.2. The Bertz CT molecular complexity index is 385. The SMILES string of the molecule is CC(Br)C(=O)Nc1ccc(C2OCCO2)cc1. The van der Waals surface area contributed by atoms with Crippen molar-refractivity contribution in [1.29, 1.82) is 0 Å². The Hall–Kier alpha value is -0.910. The number of carbonyl (C=O) groups is 1. The van der Waals surface area contributed by atoms with Gasteiger partial charge in [0.15, 0.2) is 6.29 Å². The lowest BCUT2D eigenvalue weighted by Crippen LogP contribution is -2.19. The third kappa shape index (κ3) is 3.28. The third-order valence-electron chi connectivity index (χ3n) is 2.43. The van der Waals surface area contributed by atoms with Crippen LogP contribution in [0.15, 0.2) is 24.3 Å². The molecule has 1 aromatic carbocycles. The molecule has 0 saturated carbocycles. The molecule has 0 bridgehead atoms. The standard InChI is InChI=1S/C12H14BrNO3/c1-8(13)11(15)14-10-4-2-9(3-5-10)12-16-6-7-17-12/h2-5,8,12H,6-7H2,1H3,(H,14,15). The molecule has 0 spiro atoms. The molecule has 1 aliphatic heterocycles. The van der Waals surface area contributed by atoms with Gasteiger partial charge in [-0.3, -0.25) is 4.79 Å². The predicted octanol–water partition coefficient (Wildman–Crippen LogP) is 2.45. The van der Waals surface area contributed by atoms with Crippen LogP contribution in [0, 0.1) is 0 Å². The molecule has 1 amide bonds. The predicted molar refractivity (Wildman–Crippen MR) is 68.1 cm³/mol. The van der Waals surface area contributed by atoms with Crippen molar-refractivity contribution in [3.8, 4) is 0 Å². The Morgan fingerprint density at radius 3 is 2.47 bits per heavy atom. The van der Waals surface area contributed by atoms with Crippen molar-refractivity contribution in [3.05, 3.63) is 29.8 Å². The first-order valence-corrected chi connectivity index (χ1v) is 6.36. The molecule has 1 unspecified atom stereocenters. The molecule has 4 nitrogen and oxygen atoms in total. The Kier molecular flexibility index (Phi) is 4.15. The summed E-state index contributed by atoms with van der Waals surface area (Å²) in [5.74, 6) is -0.0638. The van der Waals surface area contributed by atoms with Crippen molar-refractivity contribution >= 4 is 27.5 Å². The highest BCUT2D eigenvalue weighted by atomic mass is 79.9. The fourth-order valence-electron chi connectivity index (χ4n) is 1.52. The number of amides is 1. The van der Waals surface area contributed by atoms with Crippen molar-refractivity contribution < 1.29 is 14.3 Å². The van der Waals surface area contributed by atoms with Crippen molar-refractivity contribution in [2.45, 2.75) is 18.0 Å². The summed E-state index contributed by atoms with van der Waals surface area (Å²) >= 11 is 3.21. The first-order valence-electron chi connectivity index (χ1n) is 5.45. The molecule has 1 heterocycles. The molecule has 17 heavy (non-hydrogen) atoms. The van der Waals surface area contributed by atoms with Gasteiger partial charge in [0, 0.05) is 11.3 Å². The van der Waals surface area contributed by atoms with Crippen LogP contribution in [0.2, 0.25) is 0 Å². The number of halogens is 1. The minimum absolute atomic E-state index is 0.0638. The summed E-state index contributed by atoms with van der Waals surface area (Å²) in [5.41, 5.74) is 1.73. The van der Waals surface area contributed by atoms with Crippen LogP contribution in [-0.4, -0.2) is 23.9 Å². The van der Waals surface area contributed by atoms with Crippen LogP contribution in [0.4, 0.5) is 5.69 Å². The lowest BCUT2D eigenvalue weighted by molar-refractivity contribution is -0.115. The largest absolute Gasteiger partial charge is 0.346 e. The second-order valence-electron chi connectivity index (χ2n) is 3.80. The third-order valence-corrected chi connectivity index (χ3v) is 2.85. The highest BCUT2D eigenvalue weighted by Crippen LogP contribution is 2.24. The van der Waals surface area contributed by atoms with E-state index in [0.717, 1.165) is 11.3 Å². The zero-order valence-corrected chi connectivity index (χ0v) is 11.1. The molecule has 1 N–H and O–H groups in total. The van der Waals surface area contributed by atoms with E-state index in [-0.39, 0.29) is 17.0 Å². The maximum absolute atomic E-state index is 11.4. The number of hydrogen-bond acceptors (Lipinski definition) is 3. The van der Waals surface area contributed by atoms with E-state index in [1.54, 1.807) is 6.92 Å². The zero-order valence-electron chi connectivity index (χ0n) is 9.48. The van der Waals surface area contributed by atoms with Crippen LogP contribution in [0.3, 0.4) is 0 Å². The maximum atomic E-state index is 11.4. The van der Waals surface area contributed by atoms with Gasteiger partial charge in [0.2, 0.25) is 5.91 Å². The van der Waals surface area contributed by atoms with E-state index in [4.69, 9.17) is 9.47 Å². The van der Waals surface area contributed by atoms with Gasteiger partial charge in [0.05, 0.1) is 18.0 Å². The van der Waals surface area contributed by atoms with Gasteiger partial charge in [-0.15, -0.1) is 0 Å². The van der Waals surface area contributed by atoms with E-state index >= 15 is 0 Å². The molecule has 2 rings (SSSR count). The second-order valence-corrected chi connectivity index (χ2v) is 5.17. The normalized spacial score (nSPS) is 18.0. The van der Waals surface area contributed by atoms with E-state index in [0.29, 0.717) is 13.2 Å². The maximum Gasteiger partial charge on any atom is 0.237 e. The fourth-order valence-corrected chi connectivity index (χ4v) is 1.63. The minimum Gasteiger partial charge on any atom is -0.346 e. The molecule has 1 aliphatic rings. The minimum atomic E-state index is -0.269. The van der Waals surface area contributed by atoms with Gasteiger partial charge >= 0.3 is 0 Å². The fraction of sp³-hybridized carbons (Fsp3) is 0.417. The molecule has 1 atom stereocenters. The van der Waals surface area contributed by atoms with Gasteiger partial charge in [0.1, 0.15) is 0 Å². The Morgan fingerprint density at radius 2 is 1.94 bits per heavy atom. The van der Waals surface area contributed by atoms with Crippen LogP contribution >= 0.6 is 15.9 Å². The lowest BCUT2D eigenvalue weighted by Gasteiger charge is -2.11. The molecule has 92 valence electrons. The Labute approximate surface area is 108 Å². The van der Waals surface area contributed by atoms with Crippen LogP contribution in [0.5, 0.6) is 0 Å². The van der Waals surface area contributed by atoms with Crippen molar-refractivity contribution in [2.24, 2.45) is 0 Å². The van der Waals surface area contributed by atoms with E-state index in [1.807, 2.05) is 24.3 Å². The number of nitrogens with one attached hydrogen (secondary N) is 1. The van der Waals surface area contributed by atoms with Gasteiger partial charge in [0.25, 0.3) is 0 Å². The van der Waals surface area contributed by atoms with Crippen molar-refractivity contribution in [1.82, 2.24) is 0 Å². The number of ether oxygens (including phenoxy) is 2. The van der Waals surface area contributed by atoms with Crippen LogP contribution < -0.4 is 5.32 Å². The van der Waals surface area contributed by atoms with Gasteiger partial charge in [-0.1, -0.05) is 28.1 Å². The van der Waals surface area contributed by atoms with E-state index < -0.39 is 0 Å². The molecule has 1 aromatic rings. The Balaban J connectivity index is 2.00. The average Bonchev–Trinajstić information content (AvgIpc) is 2.83. The molecular formula is C12H14BrNO3. The van der Waals surface area contributed by atoms with Crippen LogP contribution in [-0.2, 0) is 14.3 Å². The molecule has 0 radical (unpaired) electrons. The zero-order chi connectivity index (χ0) is 12.3. The molecule has 0 aliphatic carbocycles. The van der Waals surface area contributed by atoms with Crippen molar-refractivity contribution in [3.63, 3.8) is 0 Å². The van der Waals surface area contributed by atoms with Crippen molar-refractivity contribution in [2.75, 3.05) is 18.5 Å². The smallest absolute Gasteiger partial charge is 0.237 e. The number of benzene rings is 1. The summed E-state index contributed by atoms with van der Waals surface area (Å²) < 4.78 is 10.8. The van der Waals surface area contributed by atoms with Gasteiger partial charge < -0.3 is 14.8 Å². The number of alkyl halides is 1. The monoisotopic (exact) mass is 299 g/mol. The Morgan fingerprint density at radius 1 is 1.35 bits per heavy atom. The number of rotatable bonds is 3. The second kappa shape index (κ2) is 5.62. The topological polar surface area (TPSA) is 47.6 Å². The highest BCUT2D eigenvalue weighted by molar-refractivity contribution is 9.10. The van der Waals surface area contributed by atoms with Gasteiger partial charge in [-0.2, -0.15) is 0 Å². The molecule has 5 heteroatoms. The number of anilines is 1. The van der Waals surface area contributed by atoms with E-state index in [2.05, 4.69) is 21.2 Å². The summed E-state index contributed by atoms with van der Waals surface area (Å²) in [6, 6.07) is 7.47. The number of hydrogen-bond donors (Lipinski definition) is 1. The van der Waals surface area contributed by atoms with E-state index in [9.17, 15) is 4.79 Å². The molecular weight excluding hydrogens is 286 g/mol.